The van der Waals surface area contributed by atoms with Gasteiger partial charge in [0, 0.05) is 18.5 Å². The molecule has 2 unspecified atom stereocenters. The molecule has 0 saturated heterocycles. The molecule has 0 spiro atoms. The van der Waals surface area contributed by atoms with Crippen LogP contribution in [0.15, 0.2) is 0 Å². The minimum absolute atomic E-state index is 0.0187. The van der Waals surface area contributed by atoms with Gasteiger partial charge in [0.05, 0.1) is 17.8 Å². The summed E-state index contributed by atoms with van der Waals surface area (Å²) in [5.74, 6) is 0.597. The Bertz CT molecular complexity index is 483. The van der Waals surface area contributed by atoms with Gasteiger partial charge in [0.1, 0.15) is 5.01 Å². The Hall–Kier alpha value is -0.450. The van der Waals surface area contributed by atoms with Crippen LogP contribution in [0.25, 0.3) is 0 Å². The number of aromatic nitrogens is 1. The van der Waals surface area contributed by atoms with Crippen molar-refractivity contribution in [2.75, 3.05) is 20.3 Å². The molecule has 120 valence electrons. The summed E-state index contributed by atoms with van der Waals surface area (Å²) < 4.78 is 5.24. The van der Waals surface area contributed by atoms with E-state index in [0.29, 0.717) is 11.3 Å². The monoisotopic (exact) mass is 310 g/mol. The van der Waals surface area contributed by atoms with E-state index in [1.807, 2.05) is 11.3 Å². The first-order valence-corrected chi connectivity index (χ1v) is 8.87. The summed E-state index contributed by atoms with van der Waals surface area (Å²) in [6.07, 6.45) is 3.42. The van der Waals surface area contributed by atoms with Crippen LogP contribution in [0.2, 0.25) is 0 Å². The zero-order valence-corrected chi connectivity index (χ0v) is 15.2. The van der Waals surface area contributed by atoms with Gasteiger partial charge in [-0.25, -0.2) is 4.98 Å². The van der Waals surface area contributed by atoms with Gasteiger partial charge < -0.3 is 10.1 Å². The van der Waals surface area contributed by atoms with Gasteiger partial charge in [0.15, 0.2) is 0 Å². The second-order valence-electron chi connectivity index (χ2n) is 7.21. The highest BCUT2D eigenvalue weighted by Crippen LogP contribution is 2.53. The lowest BCUT2D eigenvalue weighted by atomic mass is 9.86. The van der Waals surface area contributed by atoms with Crippen LogP contribution in [0.1, 0.15) is 56.1 Å². The number of nitrogens with one attached hydrogen (secondary N) is 1. The summed E-state index contributed by atoms with van der Waals surface area (Å²) in [5.41, 5.74) is 1.65. The summed E-state index contributed by atoms with van der Waals surface area (Å²) in [6, 6.07) is 0. The van der Waals surface area contributed by atoms with Gasteiger partial charge in [-0.2, -0.15) is 0 Å². The van der Waals surface area contributed by atoms with E-state index in [1.54, 1.807) is 7.11 Å². The van der Waals surface area contributed by atoms with Gasteiger partial charge in [-0.15, -0.1) is 11.3 Å². The maximum atomic E-state index is 5.24. The van der Waals surface area contributed by atoms with Gasteiger partial charge in [-0.05, 0) is 37.5 Å². The Labute approximate surface area is 133 Å². The standard InChI is InChI=1S/C17H30N2OS/c1-7-14-13(3)21-15(19-14)17(18-8-9-20-6)11-16(4,5)10-12(17)2/h12,18H,7-11H2,1-6H3. The zero-order chi connectivity index (χ0) is 15.7. The zero-order valence-electron chi connectivity index (χ0n) is 14.4. The summed E-state index contributed by atoms with van der Waals surface area (Å²) in [7, 11) is 1.76. The molecule has 1 heterocycles. The first kappa shape index (κ1) is 16.9. The van der Waals surface area contributed by atoms with Crippen LogP contribution in [0.4, 0.5) is 0 Å². The predicted octanol–water partition coefficient (Wildman–Crippen LogP) is 3.90. The lowest BCUT2D eigenvalue weighted by Crippen LogP contribution is -2.46. The van der Waals surface area contributed by atoms with E-state index in [2.05, 4.69) is 39.9 Å². The summed E-state index contributed by atoms with van der Waals surface area (Å²) >= 11 is 1.88. The smallest absolute Gasteiger partial charge is 0.114 e. The second-order valence-corrected chi connectivity index (χ2v) is 8.42. The molecule has 1 aromatic rings. The number of methoxy groups -OCH3 is 1. The maximum Gasteiger partial charge on any atom is 0.114 e. The lowest BCUT2D eigenvalue weighted by Gasteiger charge is -2.34. The van der Waals surface area contributed by atoms with E-state index >= 15 is 0 Å². The number of aryl methyl sites for hydroxylation is 2. The Morgan fingerprint density at radius 1 is 1.43 bits per heavy atom. The topological polar surface area (TPSA) is 34.2 Å². The molecule has 0 radical (unpaired) electrons. The van der Waals surface area contributed by atoms with Crippen molar-refractivity contribution < 1.29 is 4.74 Å². The average molecular weight is 311 g/mol. The maximum absolute atomic E-state index is 5.24. The van der Waals surface area contributed by atoms with E-state index in [9.17, 15) is 0 Å². The minimum Gasteiger partial charge on any atom is -0.383 e. The third-order valence-electron chi connectivity index (χ3n) is 4.81. The molecule has 2 rings (SSSR count). The highest BCUT2D eigenvalue weighted by atomic mass is 32.1. The molecule has 1 N–H and O–H groups in total. The van der Waals surface area contributed by atoms with Crippen LogP contribution in [0, 0.1) is 18.3 Å². The Morgan fingerprint density at radius 3 is 2.62 bits per heavy atom. The Kier molecular flexibility index (Phi) is 5.11. The summed E-state index contributed by atoms with van der Waals surface area (Å²) in [6.45, 7) is 13.2. The largest absolute Gasteiger partial charge is 0.383 e. The van der Waals surface area contributed by atoms with Gasteiger partial charge in [0.25, 0.3) is 0 Å². The van der Waals surface area contributed by atoms with Gasteiger partial charge in [0.2, 0.25) is 0 Å². The summed E-state index contributed by atoms with van der Waals surface area (Å²) in [4.78, 5) is 6.36. The third-order valence-corrected chi connectivity index (χ3v) is 6.00. The molecule has 1 saturated carbocycles. The Balaban J connectivity index is 2.35. The lowest BCUT2D eigenvalue weighted by molar-refractivity contribution is 0.169. The predicted molar refractivity (Wildman–Crippen MR) is 90.0 cm³/mol. The molecular formula is C17H30N2OS. The molecule has 1 aliphatic carbocycles. The highest BCUT2D eigenvalue weighted by molar-refractivity contribution is 7.11. The minimum atomic E-state index is 0.0187. The van der Waals surface area contributed by atoms with Crippen molar-refractivity contribution in [3.63, 3.8) is 0 Å². The molecule has 1 fully saturated rings. The number of nitrogens with zero attached hydrogens (tertiary/aromatic N) is 1. The molecule has 4 heteroatoms. The van der Waals surface area contributed by atoms with E-state index in [-0.39, 0.29) is 5.54 Å². The normalized spacial score (nSPS) is 28.2. The molecule has 1 aromatic heterocycles. The fourth-order valence-electron chi connectivity index (χ4n) is 3.93. The summed E-state index contributed by atoms with van der Waals surface area (Å²) in [5, 5.41) is 5.09. The van der Waals surface area contributed by atoms with Crippen molar-refractivity contribution in [1.82, 2.24) is 10.3 Å². The number of ether oxygens (including phenoxy) is 1. The molecule has 0 bridgehead atoms. The van der Waals surface area contributed by atoms with Crippen LogP contribution in [0.5, 0.6) is 0 Å². The first-order valence-electron chi connectivity index (χ1n) is 8.05. The fourth-order valence-corrected chi connectivity index (χ4v) is 5.21. The molecule has 0 amide bonds. The van der Waals surface area contributed by atoms with Gasteiger partial charge in [-0.1, -0.05) is 27.7 Å². The van der Waals surface area contributed by atoms with Crippen LogP contribution in [0.3, 0.4) is 0 Å². The first-order chi connectivity index (χ1) is 9.84. The number of rotatable bonds is 6. The van der Waals surface area contributed by atoms with Gasteiger partial charge in [-0.3, -0.25) is 0 Å². The highest BCUT2D eigenvalue weighted by Gasteiger charge is 2.51. The average Bonchev–Trinajstić information content (AvgIpc) is 2.88. The fraction of sp³-hybridized carbons (Fsp3) is 0.824. The van der Waals surface area contributed by atoms with E-state index in [0.717, 1.165) is 26.0 Å². The van der Waals surface area contributed by atoms with Gasteiger partial charge >= 0.3 is 0 Å². The quantitative estimate of drug-likeness (QED) is 0.809. The molecule has 21 heavy (non-hydrogen) atoms. The molecule has 3 nitrogen and oxygen atoms in total. The van der Waals surface area contributed by atoms with Crippen molar-refractivity contribution in [1.29, 1.82) is 0 Å². The number of thiazole rings is 1. The van der Waals surface area contributed by atoms with E-state index in [1.165, 1.54) is 22.0 Å². The molecule has 0 aliphatic heterocycles. The molecule has 1 aliphatic rings. The van der Waals surface area contributed by atoms with Crippen molar-refractivity contribution in [2.45, 2.75) is 59.4 Å². The second kappa shape index (κ2) is 6.35. The number of hydrogen-bond acceptors (Lipinski definition) is 4. The third kappa shape index (κ3) is 3.33. The van der Waals surface area contributed by atoms with Crippen molar-refractivity contribution in [3.05, 3.63) is 15.6 Å². The van der Waals surface area contributed by atoms with Crippen LogP contribution in [-0.2, 0) is 16.7 Å². The van der Waals surface area contributed by atoms with Crippen molar-refractivity contribution in [2.24, 2.45) is 11.3 Å². The van der Waals surface area contributed by atoms with Crippen LogP contribution < -0.4 is 5.32 Å². The van der Waals surface area contributed by atoms with Crippen molar-refractivity contribution in [3.8, 4) is 0 Å². The van der Waals surface area contributed by atoms with Crippen LogP contribution >= 0.6 is 11.3 Å². The van der Waals surface area contributed by atoms with E-state index < -0.39 is 0 Å². The number of hydrogen-bond donors (Lipinski definition) is 1. The SMILES string of the molecule is CCc1nc(C2(NCCOC)CC(C)(C)CC2C)sc1C. The molecule has 0 aromatic carbocycles. The molecular weight excluding hydrogens is 280 g/mol. The Morgan fingerprint density at radius 2 is 2.14 bits per heavy atom. The molecule has 2 atom stereocenters. The van der Waals surface area contributed by atoms with E-state index in [4.69, 9.17) is 9.72 Å². The van der Waals surface area contributed by atoms with Crippen molar-refractivity contribution >= 4 is 11.3 Å². The van der Waals surface area contributed by atoms with Crippen LogP contribution in [-0.4, -0.2) is 25.2 Å².